The van der Waals surface area contributed by atoms with E-state index in [2.05, 4.69) is 11.1 Å². The number of aliphatic hydroxyl groups is 1. The molecular formula is C22H29N3O4. The number of hydrogen-bond donors (Lipinski definition) is 3. The van der Waals surface area contributed by atoms with Crippen LogP contribution in [0, 0.1) is 28.6 Å². The highest BCUT2D eigenvalue weighted by molar-refractivity contribution is 5.98. The Hall–Kier alpha value is -2.15. The molecule has 3 fully saturated rings. The lowest BCUT2D eigenvalue weighted by Gasteiger charge is -2.63. The van der Waals surface area contributed by atoms with Crippen LogP contribution in [-0.4, -0.2) is 52.5 Å². The van der Waals surface area contributed by atoms with E-state index in [-0.39, 0.29) is 16.9 Å². The van der Waals surface area contributed by atoms with Gasteiger partial charge in [0.05, 0.1) is 5.57 Å². The van der Waals surface area contributed by atoms with Crippen molar-refractivity contribution in [2.75, 3.05) is 13.6 Å². The van der Waals surface area contributed by atoms with Gasteiger partial charge in [0.15, 0.2) is 17.8 Å². The summed E-state index contributed by atoms with van der Waals surface area (Å²) in [6, 6.07) is 0. The first-order valence-corrected chi connectivity index (χ1v) is 10.7. The summed E-state index contributed by atoms with van der Waals surface area (Å²) >= 11 is 0. The van der Waals surface area contributed by atoms with Gasteiger partial charge in [-0.1, -0.05) is 12.5 Å². The lowest BCUT2D eigenvalue weighted by atomic mass is 9.42. The zero-order valence-electron chi connectivity index (χ0n) is 16.8. The monoisotopic (exact) mass is 399 g/mol. The number of aldehydes is 1. The quantitative estimate of drug-likeness (QED) is 0.370. The molecule has 2 bridgehead atoms. The Morgan fingerprint density at radius 2 is 2.07 bits per heavy atom. The van der Waals surface area contributed by atoms with Gasteiger partial charge in [-0.25, -0.2) is 4.79 Å². The van der Waals surface area contributed by atoms with Gasteiger partial charge >= 0.3 is 5.97 Å². The number of carboxylic acid groups (broad SMARTS) is 1. The zero-order valence-corrected chi connectivity index (χ0v) is 16.8. The van der Waals surface area contributed by atoms with Gasteiger partial charge in [-0.3, -0.25) is 9.79 Å². The fourth-order valence-corrected chi connectivity index (χ4v) is 8.35. The largest absolute Gasteiger partial charge is 0.478 e. The van der Waals surface area contributed by atoms with E-state index in [9.17, 15) is 19.8 Å². The van der Waals surface area contributed by atoms with E-state index >= 15 is 0 Å². The Morgan fingerprint density at radius 1 is 1.31 bits per heavy atom. The minimum Gasteiger partial charge on any atom is -0.478 e. The van der Waals surface area contributed by atoms with Crippen LogP contribution >= 0.6 is 0 Å². The van der Waals surface area contributed by atoms with Crippen LogP contribution in [0.3, 0.4) is 0 Å². The summed E-state index contributed by atoms with van der Waals surface area (Å²) in [4.78, 5) is 30.7. The molecular weight excluding hydrogens is 370 g/mol. The van der Waals surface area contributed by atoms with Crippen molar-refractivity contribution in [1.29, 1.82) is 0 Å². The van der Waals surface area contributed by atoms with Crippen LogP contribution in [0.2, 0.25) is 0 Å². The predicted octanol–water partition coefficient (Wildman–Crippen LogP) is 1.68. The van der Waals surface area contributed by atoms with Crippen molar-refractivity contribution in [2.24, 2.45) is 39.3 Å². The number of nitrogens with two attached hydrogens (primary N) is 1. The van der Waals surface area contributed by atoms with Crippen molar-refractivity contribution in [2.45, 2.75) is 50.5 Å². The summed E-state index contributed by atoms with van der Waals surface area (Å²) in [6.45, 7) is 0.662. The van der Waals surface area contributed by atoms with Crippen LogP contribution in [0.1, 0.15) is 44.9 Å². The third kappa shape index (κ3) is 1.95. The van der Waals surface area contributed by atoms with Gasteiger partial charge in [-0.15, -0.1) is 0 Å². The summed E-state index contributed by atoms with van der Waals surface area (Å²) in [5.74, 6) is -0.438. The molecule has 0 amide bonds. The maximum atomic E-state index is 12.3. The second-order valence-corrected chi connectivity index (χ2v) is 9.58. The number of nitrogens with zero attached hydrogens (tertiary/aromatic N) is 2. The molecule has 0 radical (unpaired) electrons. The SMILES string of the molecule is CN=C(N)N1C=CCC2(C1)C1CCC3CCCC4C(O)(C=O)C(C(=O)O)=C(C1)C342. The van der Waals surface area contributed by atoms with Crippen molar-refractivity contribution in [3.63, 3.8) is 0 Å². The molecule has 0 aromatic carbocycles. The third-order valence-electron chi connectivity index (χ3n) is 9.03. The van der Waals surface area contributed by atoms with Gasteiger partial charge in [0.2, 0.25) is 0 Å². The molecule has 1 heterocycles. The summed E-state index contributed by atoms with van der Waals surface area (Å²) in [5.41, 5.74) is 4.43. The Labute approximate surface area is 170 Å². The molecule has 6 unspecified atom stereocenters. The molecule has 0 aromatic heterocycles. The Bertz CT molecular complexity index is 879. The minimum absolute atomic E-state index is 0.0218. The topological polar surface area (TPSA) is 116 Å². The number of carboxylic acids is 1. The van der Waals surface area contributed by atoms with E-state index in [1.165, 1.54) is 0 Å². The number of carbonyl (C=O) groups excluding carboxylic acids is 1. The second-order valence-electron chi connectivity index (χ2n) is 9.58. The van der Waals surface area contributed by atoms with E-state index in [4.69, 9.17) is 5.73 Å². The van der Waals surface area contributed by atoms with Gasteiger partial charge in [0, 0.05) is 36.5 Å². The maximum Gasteiger partial charge on any atom is 0.334 e. The minimum atomic E-state index is -1.90. The van der Waals surface area contributed by atoms with E-state index in [0.717, 1.165) is 37.7 Å². The first kappa shape index (κ1) is 18.9. The van der Waals surface area contributed by atoms with Crippen LogP contribution in [0.5, 0.6) is 0 Å². The fraction of sp³-hybridized carbons (Fsp3) is 0.682. The molecule has 29 heavy (non-hydrogen) atoms. The molecule has 2 spiro atoms. The Morgan fingerprint density at radius 3 is 2.76 bits per heavy atom. The molecule has 1 aliphatic heterocycles. The first-order chi connectivity index (χ1) is 13.9. The molecule has 4 aliphatic carbocycles. The van der Waals surface area contributed by atoms with Crippen molar-refractivity contribution in [3.8, 4) is 0 Å². The summed E-state index contributed by atoms with van der Waals surface area (Å²) < 4.78 is 0. The van der Waals surface area contributed by atoms with Crippen molar-refractivity contribution >= 4 is 18.2 Å². The second kappa shape index (κ2) is 5.94. The summed E-state index contributed by atoms with van der Waals surface area (Å²) in [7, 11) is 1.67. The van der Waals surface area contributed by atoms with E-state index in [1.807, 2.05) is 11.1 Å². The maximum absolute atomic E-state index is 12.3. The Kier molecular flexibility index (Phi) is 3.86. The van der Waals surface area contributed by atoms with Crippen molar-refractivity contribution < 1.29 is 19.8 Å². The number of rotatable bonds is 2. The lowest BCUT2D eigenvalue weighted by Crippen LogP contribution is -2.63. The van der Waals surface area contributed by atoms with Crippen LogP contribution in [0.25, 0.3) is 0 Å². The standard InChI is InChI=1S/C22H29N3O4/c1-24-19(23)25-9-3-8-20(11-25)14-7-6-13-4-2-5-16-21(29,12-26)17(18(27)28)15(10-14)22(13,16)20/h3,9,12-14,16,29H,2,4-8,10-11H2,1H3,(H2,23,24)(H,27,28). The molecule has 7 heteroatoms. The summed E-state index contributed by atoms with van der Waals surface area (Å²) in [6.07, 6.45) is 10.8. The fourth-order valence-electron chi connectivity index (χ4n) is 8.35. The zero-order chi connectivity index (χ0) is 20.6. The molecule has 7 nitrogen and oxygen atoms in total. The smallest absolute Gasteiger partial charge is 0.334 e. The highest BCUT2D eigenvalue weighted by atomic mass is 16.4. The molecule has 3 saturated carbocycles. The number of aliphatic imine (C=N–C) groups is 1. The first-order valence-electron chi connectivity index (χ1n) is 10.7. The predicted molar refractivity (Wildman–Crippen MR) is 107 cm³/mol. The number of guanidine groups is 1. The molecule has 5 rings (SSSR count). The van der Waals surface area contributed by atoms with Crippen molar-refractivity contribution in [3.05, 3.63) is 23.4 Å². The number of allylic oxidation sites excluding steroid dienone is 2. The highest BCUT2D eigenvalue weighted by Gasteiger charge is 2.78. The molecule has 156 valence electrons. The average Bonchev–Trinajstić information content (AvgIpc) is 3.00. The van der Waals surface area contributed by atoms with Gasteiger partial charge in [0.25, 0.3) is 0 Å². The average molecular weight is 399 g/mol. The molecule has 0 aromatic rings. The van der Waals surface area contributed by atoms with E-state index < -0.39 is 17.0 Å². The van der Waals surface area contributed by atoms with Gasteiger partial charge < -0.3 is 20.8 Å². The van der Waals surface area contributed by atoms with Gasteiger partial charge in [-0.05, 0) is 55.9 Å². The summed E-state index contributed by atoms with van der Waals surface area (Å²) in [5, 5.41) is 21.6. The highest BCUT2D eigenvalue weighted by Crippen LogP contribution is 2.80. The lowest BCUT2D eigenvalue weighted by molar-refractivity contribution is -0.162. The van der Waals surface area contributed by atoms with Crippen LogP contribution in [0.15, 0.2) is 28.4 Å². The molecule has 0 saturated heterocycles. The van der Waals surface area contributed by atoms with Crippen molar-refractivity contribution in [1.82, 2.24) is 4.90 Å². The van der Waals surface area contributed by atoms with Crippen LogP contribution in [-0.2, 0) is 9.59 Å². The number of aliphatic carboxylic acids is 1. The molecule has 5 aliphatic rings. The number of hydrogen-bond acceptors (Lipinski definition) is 4. The van der Waals surface area contributed by atoms with Crippen LogP contribution in [0.4, 0.5) is 0 Å². The molecule has 6 atom stereocenters. The molecule has 4 N–H and O–H groups in total. The normalized spacial score (nSPS) is 45.7. The van der Waals surface area contributed by atoms with E-state index in [0.29, 0.717) is 43.5 Å². The van der Waals surface area contributed by atoms with Gasteiger partial charge in [0.1, 0.15) is 0 Å². The van der Waals surface area contributed by atoms with Gasteiger partial charge in [-0.2, -0.15) is 0 Å². The third-order valence-corrected chi connectivity index (χ3v) is 9.03. The van der Waals surface area contributed by atoms with Crippen LogP contribution < -0.4 is 5.73 Å². The van der Waals surface area contributed by atoms with E-state index in [1.54, 1.807) is 7.05 Å². The Balaban J connectivity index is 1.78. The number of carbonyl (C=O) groups is 2.